The summed E-state index contributed by atoms with van der Waals surface area (Å²) in [4.78, 5) is 39.1. The van der Waals surface area contributed by atoms with Gasteiger partial charge in [-0.1, -0.05) is 53.7 Å². The molecule has 266 valence electrons. The number of methoxy groups -OCH3 is 1. The smallest absolute Gasteiger partial charge is 0.262 e. The maximum Gasteiger partial charge on any atom is 0.262 e. The summed E-state index contributed by atoms with van der Waals surface area (Å²) < 4.78 is 5.24. The van der Waals surface area contributed by atoms with E-state index < -0.39 is 11.7 Å². The molecule has 0 bridgehead atoms. The van der Waals surface area contributed by atoms with Gasteiger partial charge in [0.2, 0.25) is 0 Å². The molecule has 1 aromatic heterocycles. The molecule has 1 amide bonds. The standard InChI is InChI=1S/C38H36ClN7O5S/c1-45-19-26(22-14-23(48)16-24(15-22)51-2)33(49)31(28(45)20-47)36(50)43-27-8-5-9-29(32(27)39)52-37-35(41)44-30(18-42-37)46-12-10-38(11-13-46)17-21-6-3-4-7-25(21)34(38)40/h3-9,14-16,18-19,34,48-49H,10-13,17,40H2,1-2H3,(H2,41,44)(H,43,50)/t34-/m1/s1. The number of anilines is 3. The van der Waals surface area contributed by atoms with Crippen LogP contribution in [0.15, 0.2) is 100 Å². The van der Waals surface area contributed by atoms with E-state index in [1.54, 1.807) is 36.4 Å². The number of nitrogens with zero attached hydrogens (tertiary/aromatic N) is 4. The third-order valence-corrected chi connectivity index (χ3v) is 11.6. The van der Waals surface area contributed by atoms with E-state index in [4.69, 9.17) is 27.8 Å². The molecule has 14 heteroatoms. The Balaban J connectivity index is 1.07. The number of nitrogens with one attached hydrogen (secondary N) is 1. The number of likely N-dealkylation sites (N-methyl/N-ethyl adjacent to an activating group) is 1. The van der Waals surface area contributed by atoms with Crippen molar-refractivity contribution in [1.29, 1.82) is 0 Å². The third-order valence-electron chi connectivity index (χ3n) is 10.0. The molecule has 0 unspecified atom stereocenters. The zero-order valence-electron chi connectivity index (χ0n) is 28.4. The number of carbonyl (C=O) groups is 1. The number of piperidine rings is 1. The van der Waals surface area contributed by atoms with E-state index in [1.807, 2.05) is 0 Å². The van der Waals surface area contributed by atoms with Gasteiger partial charge in [-0.3, -0.25) is 4.79 Å². The number of allylic oxidation sites excluding steroid dienone is 1. The van der Waals surface area contributed by atoms with Crippen molar-refractivity contribution in [2.75, 3.05) is 43.2 Å². The van der Waals surface area contributed by atoms with Crippen LogP contribution >= 0.6 is 23.4 Å². The van der Waals surface area contributed by atoms with Gasteiger partial charge in [0.15, 0.2) is 11.8 Å². The van der Waals surface area contributed by atoms with E-state index in [1.165, 1.54) is 60.3 Å². The first kappa shape index (κ1) is 35.0. The normalized spacial score (nSPS) is 17.9. The highest BCUT2D eigenvalue weighted by Crippen LogP contribution is 2.51. The molecule has 7 rings (SSSR count). The number of fused-ring (bicyclic) bond motifs is 1. The maximum absolute atomic E-state index is 13.7. The Bertz CT molecular complexity index is 2210. The number of nitrogens with two attached hydrogens (primary N) is 2. The molecule has 1 spiro atoms. The Labute approximate surface area is 309 Å². The number of phenolic OH excluding ortho intramolecular Hbond substituents is 1. The van der Waals surface area contributed by atoms with E-state index in [0.29, 0.717) is 27.1 Å². The summed E-state index contributed by atoms with van der Waals surface area (Å²) >= 11 is 7.98. The van der Waals surface area contributed by atoms with Crippen LogP contribution in [0, 0.1) is 5.41 Å². The summed E-state index contributed by atoms with van der Waals surface area (Å²) in [7, 11) is 2.97. The van der Waals surface area contributed by atoms with Crippen molar-refractivity contribution >= 4 is 58.1 Å². The number of amides is 1. The largest absolute Gasteiger partial charge is 0.508 e. The van der Waals surface area contributed by atoms with Gasteiger partial charge in [-0.15, -0.1) is 0 Å². The molecule has 52 heavy (non-hydrogen) atoms. The number of halogens is 1. The molecule has 4 aromatic rings. The highest BCUT2D eigenvalue weighted by atomic mass is 35.5. The minimum Gasteiger partial charge on any atom is -0.508 e. The quantitative estimate of drug-likeness (QED) is 0.143. The molecule has 1 saturated heterocycles. The van der Waals surface area contributed by atoms with Crippen LogP contribution in [0.1, 0.15) is 35.6 Å². The Hall–Kier alpha value is -5.46. The van der Waals surface area contributed by atoms with Crippen LogP contribution in [0.3, 0.4) is 0 Å². The van der Waals surface area contributed by atoms with E-state index >= 15 is 0 Å². The molecule has 2 aliphatic heterocycles. The average Bonchev–Trinajstić information content (AvgIpc) is 3.41. The van der Waals surface area contributed by atoms with Gasteiger partial charge >= 0.3 is 0 Å². The molecule has 0 saturated carbocycles. The molecular formula is C38H36ClN7O5S. The molecule has 1 fully saturated rings. The number of aromatic hydroxyl groups is 1. The van der Waals surface area contributed by atoms with Crippen LogP contribution in [0.2, 0.25) is 5.02 Å². The molecular weight excluding hydrogens is 702 g/mol. The van der Waals surface area contributed by atoms with E-state index in [0.717, 1.165) is 32.4 Å². The van der Waals surface area contributed by atoms with E-state index in [2.05, 4.69) is 44.5 Å². The molecule has 7 N–H and O–H groups in total. The number of aliphatic hydroxyl groups excluding tert-OH is 1. The predicted octanol–water partition coefficient (Wildman–Crippen LogP) is 5.87. The number of aliphatic hydroxyl groups is 1. The first-order chi connectivity index (χ1) is 25.0. The van der Waals surface area contributed by atoms with Gasteiger partial charge in [0.25, 0.3) is 5.91 Å². The van der Waals surface area contributed by atoms with Crippen LogP contribution in [0.25, 0.3) is 5.57 Å². The first-order valence-electron chi connectivity index (χ1n) is 16.5. The van der Waals surface area contributed by atoms with Crippen molar-refractivity contribution in [3.63, 3.8) is 0 Å². The number of ether oxygens (including phenoxy) is 1. The van der Waals surface area contributed by atoms with Crippen molar-refractivity contribution in [3.05, 3.63) is 112 Å². The van der Waals surface area contributed by atoms with E-state index in [9.17, 15) is 19.8 Å². The van der Waals surface area contributed by atoms with Gasteiger partial charge in [0, 0.05) is 48.9 Å². The van der Waals surface area contributed by atoms with Gasteiger partial charge < -0.3 is 41.5 Å². The van der Waals surface area contributed by atoms with Crippen molar-refractivity contribution < 1.29 is 24.5 Å². The summed E-state index contributed by atoms with van der Waals surface area (Å²) in [5.74, 6) is 1.58. The van der Waals surface area contributed by atoms with Crippen LogP contribution in [0.5, 0.6) is 11.5 Å². The molecule has 3 heterocycles. The third kappa shape index (κ3) is 6.33. The number of hydrogen-bond acceptors (Lipinski definition) is 12. The van der Waals surface area contributed by atoms with E-state index in [-0.39, 0.29) is 50.6 Å². The number of nitrogen functional groups attached to an aromatic ring is 1. The fourth-order valence-corrected chi connectivity index (χ4v) is 8.32. The second-order valence-electron chi connectivity index (χ2n) is 13.0. The van der Waals surface area contributed by atoms with Gasteiger partial charge in [-0.25, -0.2) is 14.8 Å². The lowest BCUT2D eigenvalue weighted by molar-refractivity contribution is -0.112. The zero-order chi connectivity index (χ0) is 36.7. The summed E-state index contributed by atoms with van der Waals surface area (Å²) in [6, 6.07) is 17.9. The maximum atomic E-state index is 13.7. The summed E-state index contributed by atoms with van der Waals surface area (Å²) in [6.07, 6.45) is 6.01. The highest BCUT2D eigenvalue weighted by Gasteiger charge is 2.46. The summed E-state index contributed by atoms with van der Waals surface area (Å²) in [6.45, 7) is 1.58. The number of rotatable bonds is 7. The van der Waals surface area contributed by atoms with Gasteiger partial charge in [0.1, 0.15) is 39.4 Å². The summed E-state index contributed by atoms with van der Waals surface area (Å²) in [5, 5.41) is 24.8. The van der Waals surface area contributed by atoms with Crippen LogP contribution in [-0.2, 0) is 16.0 Å². The van der Waals surface area contributed by atoms with Crippen molar-refractivity contribution in [2.24, 2.45) is 11.1 Å². The number of aromatic nitrogens is 2. The fourth-order valence-electron chi connectivity index (χ4n) is 7.22. The Morgan fingerprint density at radius 3 is 2.62 bits per heavy atom. The minimum absolute atomic E-state index is 0.0182. The van der Waals surface area contributed by atoms with Gasteiger partial charge in [0.05, 0.1) is 24.0 Å². The number of hydrogen-bond donors (Lipinski definition) is 5. The SMILES string of the molecule is COc1cc(O)cc(C2=CN(C)C(=C=O)C(C(=O)Nc3cccc(Sc4ncc(N5CCC6(CC5)Cc5ccccc5[C@H]6N)nc4N)c3Cl)=C2O)c1. The lowest BCUT2D eigenvalue weighted by Gasteiger charge is -2.42. The number of carbonyl (C=O) groups excluding carboxylic acids is 2. The molecule has 0 radical (unpaired) electrons. The Morgan fingerprint density at radius 2 is 1.90 bits per heavy atom. The topological polar surface area (TPSA) is 180 Å². The van der Waals surface area contributed by atoms with Crippen molar-refractivity contribution in [2.45, 2.75) is 35.2 Å². The second kappa shape index (κ2) is 13.9. The average molecular weight is 738 g/mol. The predicted molar refractivity (Wildman–Crippen MR) is 201 cm³/mol. The first-order valence-corrected chi connectivity index (χ1v) is 17.7. The monoisotopic (exact) mass is 737 g/mol. The van der Waals surface area contributed by atoms with Crippen molar-refractivity contribution in [1.82, 2.24) is 14.9 Å². The minimum atomic E-state index is -0.807. The summed E-state index contributed by atoms with van der Waals surface area (Å²) in [5.41, 5.74) is 16.0. The molecule has 3 aromatic carbocycles. The van der Waals surface area contributed by atoms with Crippen LogP contribution < -0.4 is 26.4 Å². The zero-order valence-corrected chi connectivity index (χ0v) is 30.0. The lowest BCUT2D eigenvalue weighted by Crippen LogP contribution is -2.44. The molecule has 1 aliphatic carbocycles. The Kier molecular flexibility index (Phi) is 9.36. The van der Waals surface area contributed by atoms with Crippen LogP contribution in [0.4, 0.5) is 17.3 Å². The van der Waals surface area contributed by atoms with Gasteiger partial charge in [-0.05, 0) is 65.6 Å². The number of phenols is 1. The second-order valence-corrected chi connectivity index (χ2v) is 14.5. The lowest BCUT2D eigenvalue weighted by atomic mass is 9.73. The van der Waals surface area contributed by atoms with Crippen molar-refractivity contribution in [3.8, 4) is 11.5 Å². The fraction of sp³-hybridized carbons (Fsp3) is 0.237. The Morgan fingerprint density at radius 1 is 1.13 bits per heavy atom. The number of benzene rings is 3. The highest BCUT2D eigenvalue weighted by molar-refractivity contribution is 7.99. The molecule has 3 aliphatic rings. The molecule has 12 nitrogen and oxygen atoms in total. The molecule has 1 atom stereocenters. The van der Waals surface area contributed by atoms with Crippen LogP contribution in [-0.4, -0.2) is 64.2 Å². The van der Waals surface area contributed by atoms with Gasteiger partial charge in [-0.2, -0.15) is 0 Å².